The highest BCUT2D eigenvalue weighted by atomic mass is 35.5. The van der Waals surface area contributed by atoms with Crippen molar-refractivity contribution in [3.63, 3.8) is 0 Å². The average Bonchev–Trinajstić information content (AvgIpc) is 2.57. The minimum atomic E-state index is -0.594. The lowest BCUT2D eigenvalue weighted by molar-refractivity contribution is -0.119. The predicted molar refractivity (Wildman–Crippen MR) is 88.7 cm³/mol. The number of primary amides is 1. The number of benzene rings is 2. The van der Waals surface area contributed by atoms with Crippen LogP contribution in [0.4, 0.5) is 0 Å². The van der Waals surface area contributed by atoms with Gasteiger partial charge < -0.3 is 19.6 Å². The van der Waals surface area contributed by atoms with E-state index >= 15 is 0 Å². The topological polar surface area (TPSA) is 91.8 Å². The smallest absolute Gasteiger partial charge is 0.255 e. The lowest BCUT2D eigenvalue weighted by Crippen LogP contribution is -2.20. The number of carbonyl (C=O) groups excluding carboxylic acids is 1. The van der Waals surface area contributed by atoms with Gasteiger partial charge in [-0.05, 0) is 36.4 Å². The molecule has 1 aromatic heterocycles. The van der Waals surface area contributed by atoms with E-state index in [1.165, 1.54) is 18.4 Å². The van der Waals surface area contributed by atoms with Crippen LogP contribution in [-0.2, 0) is 4.79 Å². The first-order chi connectivity index (χ1) is 11.5. The highest BCUT2D eigenvalue weighted by Gasteiger charge is 2.10. The summed E-state index contributed by atoms with van der Waals surface area (Å²) < 4.78 is 16.1. The van der Waals surface area contributed by atoms with E-state index in [0.29, 0.717) is 27.5 Å². The van der Waals surface area contributed by atoms with Gasteiger partial charge in [-0.25, -0.2) is 0 Å². The normalized spacial score (nSPS) is 10.5. The molecule has 6 nitrogen and oxygen atoms in total. The van der Waals surface area contributed by atoms with Crippen LogP contribution in [0, 0.1) is 0 Å². The van der Waals surface area contributed by atoms with Crippen molar-refractivity contribution >= 4 is 28.5 Å². The molecule has 0 fully saturated rings. The van der Waals surface area contributed by atoms with Crippen LogP contribution >= 0.6 is 11.6 Å². The number of nitrogens with two attached hydrogens (primary N) is 1. The molecule has 24 heavy (non-hydrogen) atoms. The Morgan fingerprint density at radius 1 is 1.12 bits per heavy atom. The van der Waals surface area contributed by atoms with Crippen molar-refractivity contribution in [2.24, 2.45) is 5.73 Å². The van der Waals surface area contributed by atoms with E-state index in [1.54, 1.807) is 30.3 Å². The molecule has 0 saturated heterocycles. The second kappa shape index (κ2) is 6.64. The minimum absolute atomic E-state index is 0.0515. The Hall–Kier alpha value is -2.99. The summed E-state index contributed by atoms with van der Waals surface area (Å²) in [7, 11) is 0. The average molecular weight is 346 g/mol. The van der Waals surface area contributed by atoms with Crippen LogP contribution in [0.5, 0.6) is 17.2 Å². The number of ether oxygens (including phenoxy) is 2. The molecule has 1 amide bonds. The van der Waals surface area contributed by atoms with Gasteiger partial charge in [0.1, 0.15) is 23.3 Å². The molecule has 0 aliphatic carbocycles. The van der Waals surface area contributed by atoms with Gasteiger partial charge in [0.25, 0.3) is 5.91 Å². The number of carbonyl (C=O) groups is 1. The van der Waals surface area contributed by atoms with Gasteiger partial charge in [0.2, 0.25) is 11.2 Å². The fourth-order valence-electron chi connectivity index (χ4n) is 2.04. The number of amides is 1. The number of fused-ring (bicyclic) bond motifs is 1. The highest BCUT2D eigenvalue weighted by Crippen LogP contribution is 2.24. The van der Waals surface area contributed by atoms with E-state index < -0.39 is 5.91 Å². The van der Waals surface area contributed by atoms with Gasteiger partial charge in [0, 0.05) is 11.1 Å². The SMILES string of the molecule is NC(=O)COc1ccc2c(=O)c(Oc3ccc(Cl)cc3)coc2c1. The van der Waals surface area contributed by atoms with Gasteiger partial charge in [-0.15, -0.1) is 0 Å². The van der Waals surface area contributed by atoms with E-state index in [1.807, 2.05) is 0 Å². The van der Waals surface area contributed by atoms with Crippen molar-refractivity contribution in [3.05, 3.63) is 64.0 Å². The molecule has 122 valence electrons. The standard InChI is InChI=1S/C17H12ClNO5/c18-10-1-3-11(4-2-10)24-15-8-23-14-7-12(22-9-16(19)20)5-6-13(14)17(15)21/h1-8H,9H2,(H2,19,20). The first-order valence-electron chi connectivity index (χ1n) is 6.93. The molecule has 0 aliphatic rings. The Kier molecular flexibility index (Phi) is 4.39. The summed E-state index contributed by atoms with van der Waals surface area (Å²) in [6, 6.07) is 11.2. The molecule has 3 aromatic rings. The zero-order chi connectivity index (χ0) is 17.1. The van der Waals surface area contributed by atoms with Crippen LogP contribution < -0.4 is 20.6 Å². The van der Waals surface area contributed by atoms with Gasteiger partial charge in [0.15, 0.2) is 6.61 Å². The fraction of sp³-hybridized carbons (Fsp3) is 0.0588. The lowest BCUT2D eigenvalue weighted by atomic mass is 10.2. The van der Waals surface area contributed by atoms with Gasteiger partial charge in [-0.1, -0.05) is 11.6 Å². The van der Waals surface area contributed by atoms with E-state index in [4.69, 9.17) is 31.2 Å². The van der Waals surface area contributed by atoms with Crippen molar-refractivity contribution in [1.82, 2.24) is 0 Å². The second-order valence-electron chi connectivity index (χ2n) is 4.90. The Morgan fingerprint density at radius 3 is 2.54 bits per heavy atom. The molecule has 0 atom stereocenters. The fourth-order valence-corrected chi connectivity index (χ4v) is 2.16. The van der Waals surface area contributed by atoms with Crippen molar-refractivity contribution in [3.8, 4) is 17.2 Å². The molecule has 0 radical (unpaired) electrons. The maximum Gasteiger partial charge on any atom is 0.255 e. The number of hydrogen-bond donors (Lipinski definition) is 1. The quantitative estimate of drug-likeness (QED) is 0.767. The third-order valence-corrected chi connectivity index (χ3v) is 3.39. The van der Waals surface area contributed by atoms with Crippen LogP contribution in [0.3, 0.4) is 0 Å². The van der Waals surface area contributed by atoms with Crippen molar-refractivity contribution in [2.75, 3.05) is 6.61 Å². The molecule has 0 unspecified atom stereocenters. The Bertz CT molecular complexity index is 949. The van der Waals surface area contributed by atoms with E-state index in [-0.39, 0.29) is 17.8 Å². The van der Waals surface area contributed by atoms with Gasteiger partial charge in [-0.2, -0.15) is 0 Å². The summed E-state index contributed by atoms with van der Waals surface area (Å²) in [6.07, 6.45) is 1.22. The lowest BCUT2D eigenvalue weighted by Gasteiger charge is -2.07. The molecule has 0 aliphatic heterocycles. The minimum Gasteiger partial charge on any atom is -0.484 e. The third-order valence-electron chi connectivity index (χ3n) is 3.14. The first kappa shape index (κ1) is 15.9. The molecule has 0 bridgehead atoms. The van der Waals surface area contributed by atoms with Crippen LogP contribution in [0.25, 0.3) is 11.0 Å². The van der Waals surface area contributed by atoms with E-state index in [9.17, 15) is 9.59 Å². The van der Waals surface area contributed by atoms with Crippen LogP contribution in [0.15, 0.2) is 57.9 Å². The van der Waals surface area contributed by atoms with Gasteiger partial charge in [0.05, 0.1) is 5.39 Å². The van der Waals surface area contributed by atoms with Crippen molar-refractivity contribution in [2.45, 2.75) is 0 Å². The van der Waals surface area contributed by atoms with Crippen molar-refractivity contribution in [1.29, 1.82) is 0 Å². The molecule has 1 heterocycles. The third kappa shape index (κ3) is 3.49. The summed E-state index contributed by atoms with van der Waals surface area (Å²) in [4.78, 5) is 23.2. The van der Waals surface area contributed by atoms with Crippen LogP contribution in [0.2, 0.25) is 5.02 Å². The van der Waals surface area contributed by atoms with E-state index in [0.717, 1.165) is 0 Å². The summed E-state index contributed by atoms with van der Waals surface area (Å²) in [6.45, 7) is -0.256. The Labute approximate surface area is 141 Å². The van der Waals surface area contributed by atoms with Crippen LogP contribution in [0.1, 0.15) is 0 Å². The predicted octanol–water partition coefficient (Wildman–Crippen LogP) is 3.10. The zero-order valence-corrected chi connectivity index (χ0v) is 13.1. The molecule has 7 heteroatoms. The van der Waals surface area contributed by atoms with Gasteiger partial charge in [-0.3, -0.25) is 9.59 Å². The van der Waals surface area contributed by atoms with Gasteiger partial charge >= 0.3 is 0 Å². The monoisotopic (exact) mass is 345 g/mol. The molecule has 3 rings (SSSR count). The van der Waals surface area contributed by atoms with Crippen molar-refractivity contribution < 1.29 is 18.7 Å². The molecular formula is C17H12ClNO5. The largest absolute Gasteiger partial charge is 0.484 e. The maximum absolute atomic E-state index is 12.5. The second-order valence-corrected chi connectivity index (χ2v) is 5.33. The zero-order valence-electron chi connectivity index (χ0n) is 12.3. The van der Waals surface area contributed by atoms with Crippen LogP contribution in [-0.4, -0.2) is 12.5 Å². The number of hydrogen-bond acceptors (Lipinski definition) is 5. The van der Waals surface area contributed by atoms with E-state index in [2.05, 4.69) is 0 Å². The molecular weight excluding hydrogens is 334 g/mol. The number of halogens is 1. The summed E-state index contributed by atoms with van der Waals surface area (Å²) in [5.41, 5.74) is 5.00. The maximum atomic E-state index is 12.5. The number of rotatable bonds is 5. The highest BCUT2D eigenvalue weighted by molar-refractivity contribution is 6.30. The molecule has 0 spiro atoms. The molecule has 0 saturated carbocycles. The summed E-state index contributed by atoms with van der Waals surface area (Å²) >= 11 is 5.81. The Morgan fingerprint density at radius 2 is 1.83 bits per heavy atom. The first-order valence-corrected chi connectivity index (χ1v) is 7.31. The summed E-state index contributed by atoms with van der Waals surface area (Å²) in [5, 5.41) is 0.893. The molecule has 2 N–H and O–H groups in total. The Balaban J connectivity index is 1.90. The molecule has 2 aromatic carbocycles. The summed E-state index contributed by atoms with van der Waals surface area (Å²) in [5.74, 6) is 0.294.